The van der Waals surface area contributed by atoms with Crippen LogP contribution < -0.4 is 5.32 Å². The molecule has 0 aliphatic carbocycles. The van der Waals surface area contributed by atoms with Crippen LogP contribution in [0.5, 0.6) is 0 Å². The first-order chi connectivity index (χ1) is 9.15. The molecule has 1 heterocycles. The summed E-state index contributed by atoms with van der Waals surface area (Å²) in [6.07, 6.45) is 0. The summed E-state index contributed by atoms with van der Waals surface area (Å²) >= 11 is 0. The minimum atomic E-state index is 0.115. The van der Waals surface area contributed by atoms with Gasteiger partial charge in [-0.2, -0.15) is 0 Å². The van der Waals surface area contributed by atoms with Gasteiger partial charge in [-0.15, -0.1) is 0 Å². The Morgan fingerprint density at radius 1 is 1.16 bits per heavy atom. The van der Waals surface area contributed by atoms with Gasteiger partial charge < -0.3 is 10.2 Å². The van der Waals surface area contributed by atoms with Gasteiger partial charge in [0.25, 0.3) is 0 Å². The van der Waals surface area contributed by atoms with Crippen molar-refractivity contribution in [2.75, 3.05) is 51.6 Å². The van der Waals surface area contributed by atoms with Crippen LogP contribution in [0.15, 0.2) is 24.3 Å². The fraction of sp³-hybridized carbons (Fsp3) is 0.533. The van der Waals surface area contributed by atoms with Crippen molar-refractivity contribution in [2.24, 2.45) is 0 Å². The molecule has 1 aliphatic rings. The number of hydrogen-bond donors (Lipinski definition) is 1. The second-order valence-electron chi connectivity index (χ2n) is 5.21. The molecule has 19 heavy (non-hydrogen) atoms. The van der Waals surface area contributed by atoms with E-state index in [1.807, 2.05) is 24.3 Å². The highest BCUT2D eigenvalue weighted by molar-refractivity contribution is 5.94. The number of nitrogens with one attached hydrogen (secondary N) is 1. The fourth-order valence-electron chi connectivity index (χ4n) is 2.25. The SMILES string of the molecule is CC(=O)c1ccc(NCCN2CCN(C)CC2)cc1. The molecule has 1 N–H and O–H groups in total. The lowest BCUT2D eigenvalue weighted by Gasteiger charge is -2.32. The summed E-state index contributed by atoms with van der Waals surface area (Å²) in [6.45, 7) is 8.24. The number of hydrogen-bond acceptors (Lipinski definition) is 4. The van der Waals surface area contributed by atoms with E-state index in [1.54, 1.807) is 6.92 Å². The van der Waals surface area contributed by atoms with Crippen LogP contribution in [0.2, 0.25) is 0 Å². The Bertz CT molecular complexity index is 408. The number of likely N-dealkylation sites (N-methyl/N-ethyl adjacent to an activating group) is 1. The molecule has 0 saturated carbocycles. The summed E-state index contributed by atoms with van der Waals surface area (Å²) in [5.41, 5.74) is 1.85. The van der Waals surface area contributed by atoms with Crippen molar-refractivity contribution in [2.45, 2.75) is 6.92 Å². The van der Waals surface area contributed by atoms with E-state index in [0.29, 0.717) is 0 Å². The number of Topliss-reactive ketones (excluding diaryl/α,β-unsaturated/α-hetero) is 1. The number of piperazine rings is 1. The van der Waals surface area contributed by atoms with Crippen molar-refractivity contribution >= 4 is 11.5 Å². The van der Waals surface area contributed by atoms with Gasteiger partial charge in [0.15, 0.2) is 5.78 Å². The van der Waals surface area contributed by atoms with Gasteiger partial charge >= 0.3 is 0 Å². The van der Waals surface area contributed by atoms with Crippen molar-refractivity contribution in [3.05, 3.63) is 29.8 Å². The maximum atomic E-state index is 11.2. The largest absolute Gasteiger partial charge is 0.384 e. The zero-order valence-electron chi connectivity index (χ0n) is 11.9. The third-order valence-corrected chi connectivity index (χ3v) is 3.64. The number of anilines is 1. The Morgan fingerprint density at radius 2 is 1.79 bits per heavy atom. The monoisotopic (exact) mass is 261 g/mol. The highest BCUT2D eigenvalue weighted by Crippen LogP contribution is 2.09. The van der Waals surface area contributed by atoms with Crippen molar-refractivity contribution in [1.82, 2.24) is 9.80 Å². The third kappa shape index (κ3) is 4.33. The Morgan fingerprint density at radius 3 is 2.37 bits per heavy atom. The lowest BCUT2D eigenvalue weighted by Crippen LogP contribution is -2.45. The number of ketones is 1. The molecule has 0 bridgehead atoms. The number of nitrogens with zero attached hydrogens (tertiary/aromatic N) is 2. The second-order valence-corrected chi connectivity index (χ2v) is 5.21. The summed E-state index contributed by atoms with van der Waals surface area (Å²) in [6, 6.07) is 7.70. The van der Waals surface area contributed by atoms with E-state index in [0.717, 1.165) is 50.5 Å². The number of carbonyl (C=O) groups is 1. The average molecular weight is 261 g/mol. The van der Waals surface area contributed by atoms with E-state index < -0.39 is 0 Å². The molecule has 1 saturated heterocycles. The summed E-state index contributed by atoms with van der Waals surface area (Å²) in [5.74, 6) is 0.115. The predicted octanol–water partition coefficient (Wildman–Crippen LogP) is 1.55. The molecule has 1 aromatic rings. The first kappa shape index (κ1) is 14.0. The maximum absolute atomic E-state index is 11.2. The average Bonchev–Trinajstić information content (AvgIpc) is 2.41. The molecule has 2 rings (SSSR count). The van der Waals surface area contributed by atoms with E-state index in [-0.39, 0.29) is 5.78 Å². The summed E-state index contributed by atoms with van der Waals surface area (Å²) < 4.78 is 0. The van der Waals surface area contributed by atoms with Crippen LogP contribution in [-0.4, -0.2) is 61.9 Å². The van der Waals surface area contributed by atoms with E-state index in [9.17, 15) is 4.79 Å². The smallest absolute Gasteiger partial charge is 0.159 e. The lowest BCUT2D eigenvalue weighted by atomic mass is 10.1. The Hall–Kier alpha value is -1.39. The standard InChI is InChI=1S/C15H23N3O/c1-13(19)14-3-5-15(6-4-14)16-7-8-18-11-9-17(2)10-12-18/h3-6,16H,7-12H2,1-2H3. The van der Waals surface area contributed by atoms with E-state index in [4.69, 9.17) is 0 Å². The van der Waals surface area contributed by atoms with Gasteiger partial charge in [0.2, 0.25) is 0 Å². The first-order valence-corrected chi connectivity index (χ1v) is 6.91. The van der Waals surface area contributed by atoms with Crippen LogP contribution in [0.1, 0.15) is 17.3 Å². The van der Waals surface area contributed by atoms with Gasteiger partial charge in [-0.3, -0.25) is 9.69 Å². The van der Waals surface area contributed by atoms with Crippen LogP contribution in [0.4, 0.5) is 5.69 Å². The van der Waals surface area contributed by atoms with Crippen LogP contribution >= 0.6 is 0 Å². The molecule has 0 unspecified atom stereocenters. The third-order valence-electron chi connectivity index (χ3n) is 3.64. The van der Waals surface area contributed by atoms with Crippen molar-refractivity contribution in [1.29, 1.82) is 0 Å². The predicted molar refractivity (Wildman–Crippen MR) is 78.9 cm³/mol. The normalized spacial score (nSPS) is 17.4. The molecule has 0 atom stereocenters. The molecular weight excluding hydrogens is 238 g/mol. The van der Waals surface area contributed by atoms with Crippen molar-refractivity contribution < 1.29 is 4.79 Å². The Kier molecular flexibility index (Phi) is 4.93. The molecule has 1 fully saturated rings. The van der Waals surface area contributed by atoms with Crippen LogP contribution in [0, 0.1) is 0 Å². The van der Waals surface area contributed by atoms with E-state index in [1.165, 1.54) is 0 Å². The zero-order valence-corrected chi connectivity index (χ0v) is 11.9. The molecule has 0 amide bonds. The highest BCUT2D eigenvalue weighted by Gasteiger charge is 2.12. The molecular formula is C15H23N3O. The number of rotatable bonds is 5. The highest BCUT2D eigenvalue weighted by atomic mass is 16.1. The summed E-state index contributed by atoms with van der Waals surface area (Å²) in [4.78, 5) is 16.0. The van der Waals surface area contributed by atoms with Gasteiger partial charge in [-0.25, -0.2) is 0 Å². The van der Waals surface area contributed by atoms with Crippen LogP contribution in [-0.2, 0) is 0 Å². The van der Waals surface area contributed by atoms with Gasteiger partial charge in [-0.05, 0) is 38.2 Å². The van der Waals surface area contributed by atoms with Gasteiger partial charge in [0.1, 0.15) is 0 Å². The number of carbonyl (C=O) groups excluding carboxylic acids is 1. The summed E-state index contributed by atoms with van der Waals surface area (Å²) in [7, 11) is 2.17. The van der Waals surface area contributed by atoms with E-state index >= 15 is 0 Å². The number of benzene rings is 1. The molecule has 1 aromatic carbocycles. The Labute approximate surface area is 115 Å². The van der Waals surface area contributed by atoms with Gasteiger partial charge in [0, 0.05) is 50.5 Å². The maximum Gasteiger partial charge on any atom is 0.159 e. The van der Waals surface area contributed by atoms with Gasteiger partial charge in [-0.1, -0.05) is 0 Å². The molecule has 104 valence electrons. The molecule has 4 nitrogen and oxygen atoms in total. The molecule has 0 aromatic heterocycles. The first-order valence-electron chi connectivity index (χ1n) is 6.91. The minimum absolute atomic E-state index is 0.115. The molecule has 0 spiro atoms. The quantitative estimate of drug-likeness (QED) is 0.816. The molecule has 1 aliphatic heterocycles. The lowest BCUT2D eigenvalue weighted by molar-refractivity contribution is 0.101. The van der Waals surface area contributed by atoms with Crippen molar-refractivity contribution in [3.8, 4) is 0 Å². The molecule has 0 radical (unpaired) electrons. The van der Waals surface area contributed by atoms with Crippen LogP contribution in [0.25, 0.3) is 0 Å². The zero-order chi connectivity index (χ0) is 13.7. The molecule has 4 heteroatoms. The second kappa shape index (κ2) is 6.68. The summed E-state index contributed by atoms with van der Waals surface area (Å²) in [5, 5.41) is 3.40. The van der Waals surface area contributed by atoms with Crippen LogP contribution in [0.3, 0.4) is 0 Å². The fourth-order valence-corrected chi connectivity index (χ4v) is 2.25. The van der Waals surface area contributed by atoms with E-state index in [2.05, 4.69) is 22.2 Å². The minimum Gasteiger partial charge on any atom is -0.384 e. The van der Waals surface area contributed by atoms with Crippen molar-refractivity contribution in [3.63, 3.8) is 0 Å². The topological polar surface area (TPSA) is 35.6 Å². The van der Waals surface area contributed by atoms with Gasteiger partial charge in [0.05, 0.1) is 0 Å². The Balaban J connectivity index is 1.72.